The van der Waals surface area contributed by atoms with E-state index in [4.69, 9.17) is 23.2 Å². The van der Waals surface area contributed by atoms with Gasteiger partial charge in [0.25, 0.3) is 0 Å². The highest BCUT2D eigenvalue weighted by molar-refractivity contribution is 8.00. The summed E-state index contributed by atoms with van der Waals surface area (Å²) in [5.74, 6) is -0.181. The van der Waals surface area contributed by atoms with Gasteiger partial charge in [0.2, 0.25) is 11.1 Å². The third-order valence-electron chi connectivity index (χ3n) is 3.22. The van der Waals surface area contributed by atoms with Gasteiger partial charge in [-0.2, -0.15) is 0 Å². The van der Waals surface area contributed by atoms with Gasteiger partial charge in [-0.05, 0) is 42.3 Å². The molecule has 116 valence electrons. The molecule has 0 spiro atoms. The summed E-state index contributed by atoms with van der Waals surface area (Å²) in [5, 5.41) is 15.4. The molecule has 9 heteroatoms. The van der Waals surface area contributed by atoms with E-state index in [1.807, 2.05) is 0 Å². The first-order chi connectivity index (χ1) is 10.6. The van der Waals surface area contributed by atoms with E-state index in [-0.39, 0.29) is 11.2 Å². The van der Waals surface area contributed by atoms with Crippen LogP contribution in [-0.4, -0.2) is 31.4 Å². The second-order valence-corrected chi connectivity index (χ2v) is 7.08. The molecule has 22 heavy (non-hydrogen) atoms. The molecular formula is C13H13Cl2N5OS. The summed E-state index contributed by atoms with van der Waals surface area (Å²) >= 11 is 13.3. The third kappa shape index (κ3) is 3.37. The van der Waals surface area contributed by atoms with Gasteiger partial charge in [0.1, 0.15) is 0 Å². The molecule has 1 heterocycles. The number of hydrogen-bond donors (Lipinski definition) is 1. The summed E-state index contributed by atoms with van der Waals surface area (Å²) in [6.07, 6.45) is 2.16. The largest absolute Gasteiger partial charge is 0.324 e. The van der Waals surface area contributed by atoms with Crippen LogP contribution in [0.3, 0.4) is 0 Å². The molecule has 0 radical (unpaired) electrons. The minimum Gasteiger partial charge on any atom is -0.324 e. The summed E-state index contributed by atoms with van der Waals surface area (Å²) in [5.41, 5.74) is 0.494. The Kier molecular flexibility index (Phi) is 4.56. The van der Waals surface area contributed by atoms with E-state index in [2.05, 4.69) is 20.8 Å². The highest BCUT2D eigenvalue weighted by Gasteiger charge is 2.29. The summed E-state index contributed by atoms with van der Waals surface area (Å²) in [6.45, 7) is 1.80. The topological polar surface area (TPSA) is 72.7 Å². The standard InChI is InChI=1S/C13H13Cl2N5OS/c1-7(22-13-17-18-19-20(13)8-5-6-8)12(21)16-10-4-2-3-9(14)11(10)15/h2-4,7-8H,5-6H2,1H3,(H,16,21). The van der Waals surface area contributed by atoms with Crippen molar-refractivity contribution in [2.75, 3.05) is 5.32 Å². The maximum absolute atomic E-state index is 12.3. The van der Waals surface area contributed by atoms with E-state index in [0.29, 0.717) is 26.9 Å². The maximum atomic E-state index is 12.3. The fourth-order valence-electron chi connectivity index (χ4n) is 1.86. The van der Waals surface area contributed by atoms with Crippen LogP contribution in [0.25, 0.3) is 0 Å². The molecule has 1 saturated carbocycles. The van der Waals surface area contributed by atoms with Crippen molar-refractivity contribution in [3.05, 3.63) is 28.2 Å². The molecule has 1 N–H and O–H groups in total. The number of carbonyl (C=O) groups excluding carboxylic acids is 1. The van der Waals surface area contributed by atoms with Crippen LogP contribution in [-0.2, 0) is 4.79 Å². The van der Waals surface area contributed by atoms with E-state index < -0.39 is 0 Å². The number of nitrogens with one attached hydrogen (secondary N) is 1. The summed E-state index contributed by atoms with van der Waals surface area (Å²) < 4.78 is 1.78. The normalized spacial score (nSPS) is 15.6. The number of rotatable bonds is 5. The lowest BCUT2D eigenvalue weighted by Crippen LogP contribution is -2.23. The Hall–Kier alpha value is -1.31. The lowest BCUT2D eigenvalue weighted by atomic mass is 10.3. The van der Waals surface area contributed by atoms with Gasteiger partial charge in [-0.1, -0.05) is 41.0 Å². The molecule has 1 atom stereocenters. The van der Waals surface area contributed by atoms with Crippen LogP contribution >= 0.6 is 35.0 Å². The predicted octanol–water partition coefficient (Wildman–Crippen LogP) is 3.43. The molecule has 1 aliphatic carbocycles. The molecule has 1 unspecified atom stereocenters. The van der Waals surface area contributed by atoms with Crippen molar-refractivity contribution in [1.29, 1.82) is 0 Å². The third-order valence-corrected chi connectivity index (χ3v) is 5.08. The van der Waals surface area contributed by atoms with Crippen molar-refractivity contribution in [3.8, 4) is 0 Å². The zero-order chi connectivity index (χ0) is 15.7. The molecule has 1 aromatic heterocycles. The van der Waals surface area contributed by atoms with Crippen molar-refractivity contribution in [1.82, 2.24) is 20.2 Å². The van der Waals surface area contributed by atoms with Crippen LogP contribution in [0, 0.1) is 0 Å². The van der Waals surface area contributed by atoms with Gasteiger partial charge in [0.05, 0.1) is 27.0 Å². The van der Waals surface area contributed by atoms with Gasteiger partial charge in [-0.25, -0.2) is 4.68 Å². The smallest absolute Gasteiger partial charge is 0.237 e. The van der Waals surface area contributed by atoms with Crippen molar-refractivity contribution in [3.63, 3.8) is 0 Å². The minimum atomic E-state index is -0.362. The molecule has 6 nitrogen and oxygen atoms in total. The van der Waals surface area contributed by atoms with Crippen molar-refractivity contribution < 1.29 is 4.79 Å². The van der Waals surface area contributed by atoms with E-state index >= 15 is 0 Å². The number of thioether (sulfide) groups is 1. The second-order valence-electron chi connectivity index (χ2n) is 4.99. The number of halogens is 2. The zero-order valence-corrected chi connectivity index (χ0v) is 14.0. The van der Waals surface area contributed by atoms with Crippen LogP contribution in [0.5, 0.6) is 0 Å². The van der Waals surface area contributed by atoms with Gasteiger partial charge >= 0.3 is 0 Å². The molecule has 0 bridgehead atoms. The van der Waals surface area contributed by atoms with Gasteiger partial charge in [0.15, 0.2) is 0 Å². The fraction of sp³-hybridized carbons (Fsp3) is 0.385. The minimum absolute atomic E-state index is 0.181. The van der Waals surface area contributed by atoms with Gasteiger partial charge in [-0.3, -0.25) is 4.79 Å². The Bertz CT molecular complexity index is 703. The second kappa shape index (κ2) is 6.44. The lowest BCUT2D eigenvalue weighted by Gasteiger charge is -2.13. The highest BCUT2D eigenvalue weighted by Crippen LogP contribution is 2.37. The first-order valence-electron chi connectivity index (χ1n) is 6.75. The first kappa shape index (κ1) is 15.6. The van der Waals surface area contributed by atoms with Gasteiger partial charge in [0, 0.05) is 0 Å². The number of tetrazole rings is 1. The average Bonchev–Trinajstić information content (AvgIpc) is 3.24. The summed E-state index contributed by atoms with van der Waals surface area (Å²) in [6, 6.07) is 5.48. The molecule has 0 aliphatic heterocycles. The van der Waals surface area contributed by atoms with Crippen molar-refractivity contribution in [2.24, 2.45) is 0 Å². The average molecular weight is 358 g/mol. The highest BCUT2D eigenvalue weighted by atomic mass is 35.5. The van der Waals surface area contributed by atoms with Crippen molar-refractivity contribution in [2.45, 2.75) is 36.2 Å². The van der Waals surface area contributed by atoms with Crippen LogP contribution in [0.15, 0.2) is 23.4 Å². The molecule has 3 rings (SSSR count). The Morgan fingerprint density at radius 2 is 2.23 bits per heavy atom. The monoisotopic (exact) mass is 357 g/mol. The van der Waals surface area contributed by atoms with Crippen LogP contribution < -0.4 is 5.32 Å². The van der Waals surface area contributed by atoms with Crippen LogP contribution in [0.2, 0.25) is 10.0 Å². The van der Waals surface area contributed by atoms with E-state index in [9.17, 15) is 4.79 Å². The predicted molar refractivity (Wildman–Crippen MR) is 86.5 cm³/mol. The molecule has 0 saturated heterocycles. The number of aromatic nitrogens is 4. The lowest BCUT2D eigenvalue weighted by molar-refractivity contribution is -0.115. The SMILES string of the molecule is CC(Sc1nnnn1C1CC1)C(=O)Nc1cccc(Cl)c1Cl. The number of anilines is 1. The Labute approximate surface area is 141 Å². The van der Waals surface area contributed by atoms with E-state index in [0.717, 1.165) is 12.8 Å². The number of carbonyl (C=O) groups is 1. The summed E-state index contributed by atoms with van der Waals surface area (Å²) in [7, 11) is 0. The van der Waals surface area contributed by atoms with Crippen LogP contribution in [0.4, 0.5) is 5.69 Å². The molecule has 1 aromatic carbocycles. The number of hydrogen-bond acceptors (Lipinski definition) is 5. The molecule has 1 amide bonds. The summed E-state index contributed by atoms with van der Waals surface area (Å²) in [4.78, 5) is 12.3. The molecule has 1 fully saturated rings. The van der Waals surface area contributed by atoms with Gasteiger partial charge in [-0.15, -0.1) is 5.10 Å². The van der Waals surface area contributed by atoms with E-state index in [1.54, 1.807) is 29.8 Å². The fourth-order valence-corrected chi connectivity index (χ4v) is 3.06. The van der Waals surface area contributed by atoms with Crippen molar-refractivity contribution >= 4 is 46.6 Å². The quantitative estimate of drug-likeness (QED) is 0.829. The zero-order valence-electron chi connectivity index (χ0n) is 11.7. The Balaban J connectivity index is 1.66. The number of nitrogens with zero attached hydrogens (tertiary/aromatic N) is 4. The first-order valence-corrected chi connectivity index (χ1v) is 8.39. The number of benzene rings is 1. The van der Waals surface area contributed by atoms with E-state index in [1.165, 1.54) is 11.8 Å². The Morgan fingerprint density at radius 3 is 2.95 bits per heavy atom. The maximum Gasteiger partial charge on any atom is 0.237 e. The van der Waals surface area contributed by atoms with Crippen LogP contribution in [0.1, 0.15) is 25.8 Å². The Morgan fingerprint density at radius 1 is 1.45 bits per heavy atom. The number of amides is 1. The molecular weight excluding hydrogens is 345 g/mol. The molecule has 2 aromatic rings. The van der Waals surface area contributed by atoms with Gasteiger partial charge < -0.3 is 5.32 Å². The molecule has 1 aliphatic rings.